The fourth-order valence-corrected chi connectivity index (χ4v) is 3.41. The van der Waals surface area contributed by atoms with Gasteiger partial charge in [-0.3, -0.25) is 9.59 Å². The van der Waals surface area contributed by atoms with E-state index in [1.54, 1.807) is 0 Å². The van der Waals surface area contributed by atoms with Crippen LogP contribution in [0.4, 0.5) is 5.69 Å². The van der Waals surface area contributed by atoms with E-state index in [1.807, 2.05) is 66.4 Å². The number of amides is 2. The van der Waals surface area contributed by atoms with Crippen molar-refractivity contribution in [2.45, 2.75) is 39.2 Å². The molecule has 0 aromatic heterocycles. The van der Waals surface area contributed by atoms with Crippen LogP contribution < -0.4 is 5.32 Å². The molecule has 2 aromatic carbocycles. The molecule has 136 valence electrons. The highest BCUT2D eigenvalue weighted by Crippen LogP contribution is 2.23. The lowest BCUT2D eigenvalue weighted by Crippen LogP contribution is -2.36. The summed E-state index contributed by atoms with van der Waals surface area (Å²) >= 11 is 0. The largest absolute Gasteiger partial charge is 0.338 e. The monoisotopic (exact) mass is 350 g/mol. The maximum Gasteiger partial charge on any atom is 0.226 e. The second-order valence-electron chi connectivity index (χ2n) is 7.06. The lowest BCUT2D eigenvalue weighted by Gasteiger charge is -2.24. The SMILES string of the molecule is Cc1ccc(NC(=O)CC2CCCCN(Cc3ccccc3)C2=O)cc1. The first kappa shape index (κ1) is 18.2. The number of carbonyl (C=O) groups excluding carboxylic acids is 2. The highest BCUT2D eigenvalue weighted by Gasteiger charge is 2.28. The second-order valence-corrected chi connectivity index (χ2v) is 7.06. The van der Waals surface area contributed by atoms with Crippen LogP contribution in [0, 0.1) is 12.8 Å². The Labute approximate surface area is 155 Å². The summed E-state index contributed by atoms with van der Waals surface area (Å²) in [5.41, 5.74) is 3.06. The smallest absolute Gasteiger partial charge is 0.226 e. The maximum atomic E-state index is 12.9. The van der Waals surface area contributed by atoms with Gasteiger partial charge in [-0.2, -0.15) is 0 Å². The Kier molecular flexibility index (Phi) is 6.05. The van der Waals surface area contributed by atoms with E-state index in [-0.39, 0.29) is 24.2 Å². The molecule has 2 amide bonds. The van der Waals surface area contributed by atoms with E-state index in [1.165, 1.54) is 0 Å². The molecule has 1 atom stereocenters. The Balaban J connectivity index is 1.61. The molecule has 0 radical (unpaired) electrons. The maximum absolute atomic E-state index is 12.9. The van der Waals surface area contributed by atoms with Gasteiger partial charge < -0.3 is 10.2 Å². The molecule has 1 saturated heterocycles. The van der Waals surface area contributed by atoms with Gasteiger partial charge in [-0.1, -0.05) is 54.4 Å². The van der Waals surface area contributed by atoms with Crippen LogP contribution in [-0.2, 0) is 16.1 Å². The average Bonchev–Trinajstić information content (AvgIpc) is 2.81. The molecule has 1 aliphatic rings. The molecule has 0 bridgehead atoms. The van der Waals surface area contributed by atoms with Crippen LogP contribution in [0.2, 0.25) is 0 Å². The Morgan fingerprint density at radius 1 is 1.08 bits per heavy atom. The molecular weight excluding hydrogens is 324 g/mol. The standard InChI is InChI=1S/C22H26N2O2/c1-17-10-12-20(13-11-17)23-21(25)15-19-9-5-6-14-24(22(19)26)16-18-7-3-2-4-8-18/h2-4,7-8,10-13,19H,5-6,9,14-16H2,1H3,(H,23,25). The summed E-state index contributed by atoms with van der Waals surface area (Å²) in [4.78, 5) is 27.2. The van der Waals surface area contributed by atoms with Crippen LogP contribution in [0.15, 0.2) is 54.6 Å². The second kappa shape index (κ2) is 8.65. The van der Waals surface area contributed by atoms with Crippen molar-refractivity contribution >= 4 is 17.5 Å². The van der Waals surface area contributed by atoms with Crippen molar-refractivity contribution in [3.63, 3.8) is 0 Å². The number of nitrogens with one attached hydrogen (secondary N) is 1. The van der Waals surface area contributed by atoms with E-state index in [4.69, 9.17) is 0 Å². The lowest BCUT2D eigenvalue weighted by atomic mass is 9.98. The van der Waals surface area contributed by atoms with Crippen molar-refractivity contribution in [1.82, 2.24) is 4.90 Å². The van der Waals surface area contributed by atoms with Gasteiger partial charge in [0.15, 0.2) is 0 Å². The van der Waals surface area contributed by atoms with Gasteiger partial charge in [-0.15, -0.1) is 0 Å². The molecule has 4 nitrogen and oxygen atoms in total. The summed E-state index contributed by atoms with van der Waals surface area (Å²) in [7, 11) is 0. The Morgan fingerprint density at radius 3 is 2.54 bits per heavy atom. The minimum Gasteiger partial charge on any atom is -0.338 e. The van der Waals surface area contributed by atoms with Crippen molar-refractivity contribution in [2.75, 3.05) is 11.9 Å². The zero-order valence-corrected chi connectivity index (χ0v) is 15.3. The topological polar surface area (TPSA) is 49.4 Å². The summed E-state index contributed by atoms with van der Waals surface area (Å²) < 4.78 is 0. The number of benzene rings is 2. The van der Waals surface area contributed by atoms with Crippen LogP contribution >= 0.6 is 0 Å². The van der Waals surface area contributed by atoms with Crippen LogP contribution in [-0.4, -0.2) is 23.3 Å². The van der Waals surface area contributed by atoms with Gasteiger partial charge in [0.1, 0.15) is 0 Å². The van der Waals surface area contributed by atoms with Gasteiger partial charge >= 0.3 is 0 Å². The third-order valence-electron chi connectivity index (χ3n) is 4.87. The molecule has 0 saturated carbocycles. The third-order valence-corrected chi connectivity index (χ3v) is 4.87. The minimum atomic E-state index is -0.230. The van der Waals surface area contributed by atoms with E-state index in [9.17, 15) is 9.59 Å². The number of anilines is 1. The van der Waals surface area contributed by atoms with Gasteiger partial charge in [0, 0.05) is 31.1 Å². The first-order valence-electron chi connectivity index (χ1n) is 9.31. The average molecular weight is 350 g/mol. The fourth-order valence-electron chi connectivity index (χ4n) is 3.41. The lowest BCUT2D eigenvalue weighted by molar-refractivity contribution is -0.137. The molecule has 3 rings (SSSR count). The molecular formula is C22H26N2O2. The van der Waals surface area contributed by atoms with Crippen LogP contribution in [0.1, 0.15) is 36.8 Å². The van der Waals surface area contributed by atoms with E-state index in [0.29, 0.717) is 6.54 Å². The molecule has 1 aliphatic heterocycles. The number of rotatable bonds is 5. The van der Waals surface area contributed by atoms with Crippen LogP contribution in [0.25, 0.3) is 0 Å². The quantitative estimate of drug-likeness (QED) is 0.880. The molecule has 0 aliphatic carbocycles. The van der Waals surface area contributed by atoms with E-state index >= 15 is 0 Å². The normalized spacial score (nSPS) is 17.7. The first-order valence-corrected chi connectivity index (χ1v) is 9.31. The highest BCUT2D eigenvalue weighted by molar-refractivity contribution is 5.94. The number of hydrogen-bond donors (Lipinski definition) is 1. The first-order chi connectivity index (χ1) is 12.6. The van der Waals surface area contributed by atoms with Gasteiger partial charge in [0.05, 0.1) is 0 Å². The predicted octanol–water partition coefficient (Wildman–Crippen LogP) is 4.15. The summed E-state index contributed by atoms with van der Waals surface area (Å²) in [6.45, 7) is 3.40. The predicted molar refractivity (Wildman–Crippen MR) is 104 cm³/mol. The number of likely N-dealkylation sites (tertiary alicyclic amines) is 1. The van der Waals surface area contributed by atoms with Gasteiger partial charge in [-0.05, 0) is 37.5 Å². The van der Waals surface area contributed by atoms with Gasteiger partial charge in [0.25, 0.3) is 0 Å². The van der Waals surface area contributed by atoms with Gasteiger partial charge in [-0.25, -0.2) is 0 Å². The Hall–Kier alpha value is -2.62. The summed E-state index contributed by atoms with van der Waals surface area (Å²) in [5.74, 6) is -0.217. The fraction of sp³-hybridized carbons (Fsp3) is 0.364. The van der Waals surface area contributed by atoms with E-state index in [0.717, 1.165) is 42.6 Å². The van der Waals surface area contributed by atoms with Crippen LogP contribution in [0.5, 0.6) is 0 Å². The van der Waals surface area contributed by atoms with Gasteiger partial charge in [0.2, 0.25) is 11.8 Å². The number of hydrogen-bond acceptors (Lipinski definition) is 2. The molecule has 4 heteroatoms. The zero-order valence-electron chi connectivity index (χ0n) is 15.3. The van der Waals surface area contributed by atoms with Crippen molar-refractivity contribution < 1.29 is 9.59 Å². The van der Waals surface area contributed by atoms with Crippen molar-refractivity contribution in [3.05, 3.63) is 65.7 Å². The molecule has 1 fully saturated rings. The Bertz CT molecular complexity index is 740. The zero-order chi connectivity index (χ0) is 18.4. The highest BCUT2D eigenvalue weighted by atomic mass is 16.2. The molecule has 1 unspecified atom stereocenters. The summed E-state index contributed by atoms with van der Waals surface area (Å²) in [6, 6.07) is 17.8. The molecule has 0 spiro atoms. The number of aryl methyl sites for hydroxylation is 1. The molecule has 2 aromatic rings. The van der Waals surface area contributed by atoms with E-state index < -0.39 is 0 Å². The molecule has 1 heterocycles. The van der Waals surface area contributed by atoms with E-state index in [2.05, 4.69) is 5.32 Å². The number of carbonyl (C=O) groups is 2. The van der Waals surface area contributed by atoms with Crippen molar-refractivity contribution in [2.24, 2.45) is 5.92 Å². The summed E-state index contributed by atoms with van der Waals surface area (Å²) in [6.07, 6.45) is 3.01. The van der Waals surface area contributed by atoms with Crippen LogP contribution in [0.3, 0.4) is 0 Å². The molecule has 26 heavy (non-hydrogen) atoms. The van der Waals surface area contributed by atoms with Crippen molar-refractivity contribution in [3.8, 4) is 0 Å². The van der Waals surface area contributed by atoms with Crippen molar-refractivity contribution in [1.29, 1.82) is 0 Å². The molecule has 1 N–H and O–H groups in total. The minimum absolute atomic E-state index is 0.0891. The Morgan fingerprint density at radius 2 is 1.81 bits per heavy atom. The third kappa shape index (κ3) is 4.94. The number of nitrogens with zero attached hydrogens (tertiary/aromatic N) is 1. The summed E-state index contributed by atoms with van der Waals surface area (Å²) in [5, 5.41) is 2.91.